The van der Waals surface area contributed by atoms with Crippen LogP contribution in [0.4, 0.5) is 5.95 Å². The second kappa shape index (κ2) is 6.17. The minimum absolute atomic E-state index is 0.210. The van der Waals surface area contributed by atoms with E-state index in [9.17, 15) is 4.79 Å². The Hall–Kier alpha value is -2.02. The highest BCUT2D eigenvalue weighted by Crippen LogP contribution is 2.15. The molecule has 1 heterocycles. The van der Waals surface area contributed by atoms with E-state index < -0.39 is 0 Å². The predicted molar refractivity (Wildman–Crippen MR) is 86.7 cm³/mol. The Morgan fingerprint density at radius 1 is 1.24 bits per heavy atom. The van der Waals surface area contributed by atoms with E-state index in [2.05, 4.69) is 41.6 Å². The highest BCUT2D eigenvalue weighted by Gasteiger charge is 2.20. The molecule has 0 aliphatic heterocycles. The summed E-state index contributed by atoms with van der Waals surface area (Å²) < 4.78 is 1.00. The summed E-state index contributed by atoms with van der Waals surface area (Å²) in [6.07, 6.45) is 1.63. The number of benzene rings is 1. The highest BCUT2D eigenvalue weighted by atomic mass is 79.9. The number of halogens is 1. The molecule has 2 N–H and O–H groups in total. The first kappa shape index (κ1) is 15.4. The van der Waals surface area contributed by atoms with Gasteiger partial charge < -0.3 is 0 Å². The van der Waals surface area contributed by atoms with Crippen LogP contribution >= 0.6 is 15.9 Å². The van der Waals surface area contributed by atoms with Crippen molar-refractivity contribution in [2.45, 2.75) is 26.2 Å². The van der Waals surface area contributed by atoms with E-state index in [1.54, 1.807) is 6.21 Å². The Kier molecular flexibility index (Phi) is 4.52. The average molecular weight is 350 g/mol. The molecule has 2 rings (SSSR count). The zero-order chi connectivity index (χ0) is 15.5. The Morgan fingerprint density at radius 2 is 1.90 bits per heavy atom. The van der Waals surface area contributed by atoms with E-state index in [-0.39, 0.29) is 16.9 Å². The molecule has 7 heteroatoms. The van der Waals surface area contributed by atoms with Crippen LogP contribution in [0.15, 0.2) is 38.6 Å². The van der Waals surface area contributed by atoms with Gasteiger partial charge in [-0.25, -0.2) is 5.43 Å². The van der Waals surface area contributed by atoms with Crippen LogP contribution in [0.3, 0.4) is 0 Å². The van der Waals surface area contributed by atoms with Gasteiger partial charge in [-0.05, 0) is 17.7 Å². The minimum atomic E-state index is -0.347. The van der Waals surface area contributed by atoms with Gasteiger partial charge in [0.1, 0.15) is 5.69 Å². The third-order valence-electron chi connectivity index (χ3n) is 2.66. The molecule has 0 spiro atoms. The van der Waals surface area contributed by atoms with Crippen molar-refractivity contribution >= 4 is 28.1 Å². The summed E-state index contributed by atoms with van der Waals surface area (Å²) >= 11 is 3.36. The molecule has 1 aromatic carbocycles. The molecule has 110 valence electrons. The third kappa shape index (κ3) is 4.22. The average Bonchev–Trinajstić information content (AvgIpc) is 2.40. The maximum Gasteiger partial charge on any atom is 0.274 e. The summed E-state index contributed by atoms with van der Waals surface area (Å²) in [5.41, 5.74) is 3.36. The molecule has 0 aliphatic carbocycles. The summed E-state index contributed by atoms with van der Waals surface area (Å²) in [7, 11) is 0. The van der Waals surface area contributed by atoms with Crippen molar-refractivity contribution in [3.63, 3.8) is 0 Å². The first-order valence-electron chi connectivity index (χ1n) is 6.38. The molecule has 0 atom stereocenters. The molecule has 1 aromatic heterocycles. The number of aromatic amines is 1. The fourth-order valence-electron chi connectivity index (χ4n) is 1.59. The molecule has 0 unspecified atom stereocenters. The van der Waals surface area contributed by atoms with E-state index >= 15 is 0 Å². The maximum absolute atomic E-state index is 11.9. The number of hydrogen-bond acceptors (Lipinski definition) is 5. The number of rotatable bonds is 3. The van der Waals surface area contributed by atoms with E-state index in [4.69, 9.17) is 0 Å². The fraction of sp³-hybridized carbons (Fsp3) is 0.286. The Morgan fingerprint density at radius 3 is 2.48 bits per heavy atom. The minimum Gasteiger partial charge on any atom is -0.288 e. The van der Waals surface area contributed by atoms with Crippen molar-refractivity contribution in [2.24, 2.45) is 5.10 Å². The van der Waals surface area contributed by atoms with Crippen LogP contribution in [-0.4, -0.2) is 21.4 Å². The summed E-state index contributed by atoms with van der Waals surface area (Å²) in [6.45, 7) is 5.72. The number of nitrogens with zero attached hydrogens (tertiary/aromatic N) is 3. The molecule has 6 nitrogen and oxygen atoms in total. The van der Waals surface area contributed by atoms with Gasteiger partial charge >= 0.3 is 0 Å². The molecule has 0 saturated heterocycles. The van der Waals surface area contributed by atoms with Crippen molar-refractivity contribution in [1.82, 2.24) is 15.2 Å². The highest BCUT2D eigenvalue weighted by molar-refractivity contribution is 9.10. The van der Waals surface area contributed by atoms with Crippen LogP contribution in [0.25, 0.3) is 0 Å². The van der Waals surface area contributed by atoms with Gasteiger partial charge in [0.2, 0.25) is 5.95 Å². The smallest absolute Gasteiger partial charge is 0.274 e. The standard InChI is InChI=1S/C14H16BrN5O/c1-14(2,3)11-12(21)17-13(20-18-11)19-16-8-9-4-6-10(15)7-5-9/h4-8H,1-3H3,(H2,17,19,20,21). The van der Waals surface area contributed by atoms with Crippen LogP contribution in [0.2, 0.25) is 0 Å². The second-order valence-electron chi connectivity index (χ2n) is 5.52. The van der Waals surface area contributed by atoms with Crippen molar-refractivity contribution in [1.29, 1.82) is 0 Å². The van der Waals surface area contributed by atoms with Crippen molar-refractivity contribution in [3.05, 3.63) is 50.3 Å². The van der Waals surface area contributed by atoms with Crippen LogP contribution < -0.4 is 11.0 Å². The summed E-state index contributed by atoms with van der Waals surface area (Å²) in [4.78, 5) is 14.5. The zero-order valence-corrected chi connectivity index (χ0v) is 13.6. The van der Waals surface area contributed by atoms with Crippen molar-refractivity contribution in [2.75, 3.05) is 5.43 Å². The normalized spacial score (nSPS) is 11.8. The van der Waals surface area contributed by atoms with E-state index in [0.29, 0.717) is 5.69 Å². The number of aromatic nitrogens is 3. The molecule has 0 fully saturated rings. The predicted octanol–water partition coefficient (Wildman–Crippen LogP) is 2.67. The van der Waals surface area contributed by atoms with Crippen LogP contribution in [0.5, 0.6) is 0 Å². The van der Waals surface area contributed by atoms with E-state index in [1.807, 2.05) is 45.0 Å². The van der Waals surface area contributed by atoms with Gasteiger partial charge in [-0.3, -0.25) is 9.78 Å². The molecule has 0 bridgehead atoms. The number of anilines is 1. The SMILES string of the molecule is CC(C)(C)c1nnc(NN=Cc2ccc(Br)cc2)[nH]c1=O. The second-order valence-corrected chi connectivity index (χ2v) is 6.44. The lowest BCUT2D eigenvalue weighted by Crippen LogP contribution is -2.28. The van der Waals surface area contributed by atoms with Crippen LogP contribution in [0, 0.1) is 0 Å². The first-order valence-corrected chi connectivity index (χ1v) is 7.18. The quantitative estimate of drug-likeness (QED) is 0.659. The molecule has 0 radical (unpaired) electrons. The lowest BCUT2D eigenvalue weighted by Gasteiger charge is -2.15. The van der Waals surface area contributed by atoms with Gasteiger partial charge in [-0.15, -0.1) is 10.2 Å². The lowest BCUT2D eigenvalue weighted by molar-refractivity contribution is 0.547. The summed E-state index contributed by atoms with van der Waals surface area (Å²) in [5, 5.41) is 11.9. The number of H-pyrrole nitrogens is 1. The molecular formula is C14H16BrN5O. The molecule has 0 aliphatic rings. The van der Waals surface area contributed by atoms with Gasteiger partial charge in [-0.1, -0.05) is 48.8 Å². The third-order valence-corrected chi connectivity index (χ3v) is 3.19. The van der Waals surface area contributed by atoms with Crippen LogP contribution in [0.1, 0.15) is 32.0 Å². The van der Waals surface area contributed by atoms with Gasteiger partial charge in [0, 0.05) is 9.89 Å². The summed E-state index contributed by atoms with van der Waals surface area (Å²) in [6, 6.07) is 7.65. The molecule has 0 saturated carbocycles. The number of nitrogens with one attached hydrogen (secondary N) is 2. The lowest BCUT2D eigenvalue weighted by atomic mass is 9.93. The molecular weight excluding hydrogens is 334 g/mol. The van der Waals surface area contributed by atoms with Gasteiger partial charge in [0.05, 0.1) is 6.21 Å². The van der Waals surface area contributed by atoms with Gasteiger partial charge in [0.25, 0.3) is 5.56 Å². The molecule has 0 amide bonds. The first-order chi connectivity index (χ1) is 9.86. The van der Waals surface area contributed by atoms with E-state index in [1.165, 1.54) is 0 Å². The Labute approximate surface area is 130 Å². The Balaban J connectivity index is 2.09. The van der Waals surface area contributed by atoms with Gasteiger partial charge in [-0.2, -0.15) is 5.10 Å². The number of hydrogen-bond donors (Lipinski definition) is 2. The molecule has 2 aromatic rings. The Bertz CT molecular complexity index is 701. The summed E-state index contributed by atoms with van der Waals surface area (Å²) in [5.74, 6) is 0.210. The van der Waals surface area contributed by atoms with Crippen molar-refractivity contribution in [3.8, 4) is 0 Å². The molecule has 21 heavy (non-hydrogen) atoms. The topological polar surface area (TPSA) is 83.0 Å². The number of hydrazone groups is 1. The van der Waals surface area contributed by atoms with Gasteiger partial charge in [0.15, 0.2) is 0 Å². The largest absolute Gasteiger partial charge is 0.288 e. The van der Waals surface area contributed by atoms with Crippen LogP contribution in [-0.2, 0) is 5.41 Å². The monoisotopic (exact) mass is 349 g/mol. The maximum atomic E-state index is 11.9. The fourth-order valence-corrected chi connectivity index (χ4v) is 1.86. The zero-order valence-electron chi connectivity index (χ0n) is 12.0. The van der Waals surface area contributed by atoms with Crippen molar-refractivity contribution < 1.29 is 0 Å². The van der Waals surface area contributed by atoms with E-state index in [0.717, 1.165) is 10.0 Å².